The van der Waals surface area contributed by atoms with Crippen LogP contribution in [0.5, 0.6) is 0 Å². The van der Waals surface area contributed by atoms with E-state index in [1.54, 1.807) is 5.32 Å². The first kappa shape index (κ1) is 22.6. The van der Waals surface area contributed by atoms with E-state index in [1.807, 2.05) is 0 Å². The summed E-state index contributed by atoms with van der Waals surface area (Å²) in [4.78, 5) is 28.8. The molecule has 2 amide bonds. The van der Waals surface area contributed by atoms with Gasteiger partial charge >= 0.3 is 12.1 Å². The van der Waals surface area contributed by atoms with E-state index in [0.29, 0.717) is 12.1 Å². The molecule has 168 valence electrons. The lowest BCUT2D eigenvalue weighted by Gasteiger charge is -2.28. The molecule has 2 heterocycles. The Kier molecular flexibility index (Phi) is 6.25. The van der Waals surface area contributed by atoms with Gasteiger partial charge in [0.05, 0.1) is 6.54 Å². The Hall–Kier alpha value is -3.09. The molecule has 7 nitrogen and oxygen atoms in total. The molecule has 1 aromatic carbocycles. The Balaban J connectivity index is 1.59. The highest BCUT2D eigenvalue weighted by Gasteiger charge is 2.39. The second kappa shape index (κ2) is 8.57. The maximum absolute atomic E-state index is 13.7. The van der Waals surface area contributed by atoms with E-state index in [4.69, 9.17) is 5.73 Å². The molecule has 0 fully saturated rings. The minimum Gasteiger partial charge on any atom is -0.333 e. The predicted octanol–water partition coefficient (Wildman–Crippen LogP) is 2.10. The summed E-state index contributed by atoms with van der Waals surface area (Å²) >= 11 is 0. The van der Waals surface area contributed by atoms with Gasteiger partial charge in [-0.15, -0.1) is 0 Å². The van der Waals surface area contributed by atoms with Gasteiger partial charge in [-0.1, -0.05) is 0 Å². The van der Waals surface area contributed by atoms with Gasteiger partial charge in [0.15, 0.2) is 17.5 Å². The zero-order chi connectivity index (χ0) is 22.9. The van der Waals surface area contributed by atoms with E-state index in [-0.39, 0.29) is 49.7 Å². The van der Waals surface area contributed by atoms with Crippen LogP contribution in [-0.2, 0) is 29.1 Å². The maximum atomic E-state index is 13.7. The fourth-order valence-electron chi connectivity index (χ4n) is 3.14. The second-order valence-corrected chi connectivity index (χ2v) is 7.03. The second-order valence-electron chi connectivity index (χ2n) is 7.03. The average Bonchev–Trinajstić information content (AvgIpc) is 3.06. The topological polar surface area (TPSA) is 93.3 Å². The van der Waals surface area contributed by atoms with Crippen molar-refractivity contribution in [2.24, 2.45) is 5.73 Å². The van der Waals surface area contributed by atoms with Gasteiger partial charge in [0.1, 0.15) is 11.6 Å². The van der Waals surface area contributed by atoms with Crippen molar-refractivity contribution in [3.63, 3.8) is 0 Å². The molecule has 1 aliphatic heterocycles. The van der Waals surface area contributed by atoms with Crippen molar-refractivity contribution in [2.75, 3.05) is 11.9 Å². The van der Waals surface area contributed by atoms with Crippen molar-refractivity contribution in [2.45, 2.75) is 38.1 Å². The summed E-state index contributed by atoms with van der Waals surface area (Å²) in [7, 11) is 0. The Morgan fingerprint density at radius 2 is 1.81 bits per heavy atom. The van der Waals surface area contributed by atoms with Crippen LogP contribution in [0.2, 0.25) is 0 Å². The Morgan fingerprint density at radius 1 is 1.13 bits per heavy atom. The van der Waals surface area contributed by atoms with Gasteiger partial charge < -0.3 is 20.5 Å². The van der Waals surface area contributed by atoms with Gasteiger partial charge in [-0.2, -0.15) is 13.2 Å². The minimum absolute atomic E-state index is 0.0347. The molecular formula is C18H17F6N5O2. The molecule has 1 atom stereocenters. The summed E-state index contributed by atoms with van der Waals surface area (Å²) in [6, 6.07) is 0.206. The molecule has 0 aliphatic carbocycles. The van der Waals surface area contributed by atoms with Gasteiger partial charge in [-0.3, -0.25) is 9.59 Å². The number of anilines is 1. The molecule has 31 heavy (non-hydrogen) atoms. The van der Waals surface area contributed by atoms with Crippen molar-refractivity contribution < 1.29 is 35.9 Å². The number of nitrogens with two attached hydrogens (primary N) is 1. The lowest BCUT2D eigenvalue weighted by atomic mass is 10.0. The molecule has 0 spiro atoms. The lowest BCUT2D eigenvalue weighted by Crippen LogP contribution is -2.41. The number of amides is 2. The standard InChI is InChI=1S/C18H17F6N5O2/c19-11-6-13(21)12(20)4-9(11)3-10(25)5-16(30)29-2-1-28-7-14(26-15(28)8-29)27-17(31)18(22,23)24/h4,6-7,10H,1-3,5,8,25H2,(H,27,31). The summed E-state index contributed by atoms with van der Waals surface area (Å²) in [5.74, 6) is -6.16. The lowest BCUT2D eigenvalue weighted by molar-refractivity contribution is -0.167. The molecule has 1 aliphatic rings. The van der Waals surface area contributed by atoms with Crippen LogP contribution < -0.4 is 11.1 Å². The van der Waals surface area contributed by atoms with Crippen molar-refractivity contribution in [3.05, 3.63) is 47.2 Å². The highest BCUT2D eigenvalue weighted by atomic mass is 19.4. The molecule has 3 rings (SSSR count). The van der Waals surface area contributed by atoms with Crippen molar-refractivity contribution in [3.8, 4) is 0 Å². The normalized spacial score (nSPS) is 14.9. The molecule has 13 heteroatoms. The third-order valence-electron chi connectivity index (χ3n) is 4.66. The number of nitrogens with zero attached hydrogens (tertiary/aromatic N) is 3. The van der Waals surface area contributed by atoms with Crippen molar-refractivity contribution in [1.82, 2.24) is 14.5 Å². The molecule has 1 unspecified atom stereocenters. The Labute approximate surface area is 171 Å². The van der Waals surface area contributed by atoms with E-state index in [1.165, 1.54) is 15.7 Å². The molecule has 0 saturated heterocycles. The first-order chi connectivity index (χ1) is 14.4. The molecular weight excluding hydrogens is 432 g/mol. The summed E-state index contributed by atoms with van der Waals surface area (Å²) in [5, 5.41) is 1.64. The van der Waals surface area contributed by atoms with Crippen LogP contribution in [0.1, 0.15) is 17.8 Å². The zero-order valence-electron chi connectivity index (χ0n) is 15.8. The average molecular weight is 449 g/mol. The van der Waals surface area contributed by atoms with Gasteiger partial charge in [0, 0.05) is 37.8 Å². The molecule has 0 saturated carbocycles. The highest BCUT2D eigenvalue weighted by Crippen LogP contribution is 2.21. The van der Waals surface area contributed by atoms with E-state index in [2.05, 4.69) is 4.98 Å². The molecule has 2 aromatic rings. The maximum Gasteiger partial charge on any atom is 0.471 e. The largest absolute Gasteiger partial charge is 0.471 e. The van der Waals surface area contributed by atoms with Crippen LogP contribution in [0, 0.1) is 17.5 Å². The number of aromatic nitrogens is 2. The van der Waals surface area contributed by atoms with Crippen LogP contribution >= 0.6 is 0 Å². The Bertz CT molecular complexity index is 1010. The van der Waals surface area contributed by atoms with E-state index < -0.39 is 41.5 Å². The number of alkyl halides is 3. The van der Waals surface area contributed by atoms with E-state index >= 15 is 0 Å². The number of imidazole rings is 1. The highest BCUT2D eigenvalue weighted by molar-refractivity contribution is 5.94. The van der Waals surface area contributed by atoms with Crippen LogP contribution in [0.3, 0.4) is 0 Å². The summed E-state index contributed by atoms with van der Waals surface area (Å²) < 4.78 is 78.6. The Morgan fingerprint density at radius 3 is 2.48 bits per heavy atom. The van der Waals surface area contributed by atoms with Gasteiger partial charge in [0.25, 0.3) is 0 Å². The number of hydrogen-bond acceptors (Lipinski definition) is 4. The van der Waals surface area contributed by atoms with E-state index in [9.17, 15) is 35.9 Å². The van der Waals surface area contributed by atoms with Gasteiger partial charge in [-0.05, 0) is 18.1 Å². The number of hydrogen-bond donors (Lipinski definition) is 2. The summed E-state index contributed by atoms with van der Waals surface area (Å²) in [6.07, 6.45) is -4.25. The third-order valence-corrected chi connectivity index (χ3v) is 4.66. The quantitative estimate of drug-likeness (QED) is 0.540. The zero-order valence-corrected chi connectivity index (χ0v) is 15.8. The molecule has 3 N–H and O–H groups in total. The van der Waals surface area contributed by atoms with Gasteiger partial charge in [-0.25, -0.2) is 18.2 Å². The number of benzene rings is 1. The number of carbonyl (C=O) groups excluding carboxylic acids is 2. The first-order valence-corrected chi connectivity index (χ1v) is 9.05. The molecule has 1 aromatic heterocycles. The van der Waals surface area contributed by atoms with Crippen molar-refractivity contribution in [1.29, 1.82) is 0 Å². The summed E-state index contributed by atoms with van der Waals surface area (Å²) in [5.41, 5.74) is 5.69. The van der Waals surface area contributed by atoms with Crippen molar-refractivity contribution >= 4 is 17.6 Å². The fourth-order valence-corrected chi connectivity index (χ4v) is 3.14. The molecule has 0 radical (unpaired) electrons. The predicted molar refractivity (Wildman–Crippen MR) is 94.9 cm³/mol. The number of rotatable bonds is 5. The van der Waals surface area contributed by atoms with Crippen LogP contribution in [0.15, 0.2) is 18.3 Å². The van der Waals surface area contributed by atoms with Gasteiger partial charge in [0.2, 0.25) is 5.91 Å². The smallest absolute Gasteiger partial charge is 0.333 e. The van der Waals surface area contributed by atoms with Crippen LogP contribution in [-0.4, -0.2) is 45.0 Å². The third kappa shape index (κ3) is 5.34. The first-order valence-electron chi connectivity index (χ1n) is 9.05. The van der Waals surface area contributed by atoms with E-state index in [0.717, 1.165) is 0 Å². The SMILES string of the molecule is NC(CC(=O)N1CCn2cc(NC(=O)C(F)(F)F)nc2C1)Cc1cc(F)c(F)cc1F. The summed E-state index contributed by atoms with van der Waals surface area (Å²) in [6.45, 7) is 0.400. The number of halogens is 6. The molecule has 0 bridgehead atoms. The number of nitrogens with one attached hydrogen (secondary N) is 1. The number of fused-ring (bicyclic) bond motifs is 1. The van der Waals surface area contributed by atoms with Crippen LogP contribution in [0.4, 0.5) is 32.2 Å². The fraction of sp³-hybridized carbons (Fsp3) is 0.389. The van der Waals surface area contributed by atoms with Crippen LogP contribution in [0.25, 0.3) is 0 Å². The monoisotopic (exact) mass is 449 g/mol. The minimum atomic E-state index is -5.06. The number of carbonyl (C=O) groups is 2.